The summed E-state index contributed by atoms with van der Waals surface area (Å²) in [6.45, 7) is 0. The molecule has 134 valence electrons. The number of rotatable bonds is 4. The van der Waals surface area contributed by atoms with Crippen LogP contribution < -0.4 is 0 Å². The monoisotopic (exact) mass is 390 g/mol. The summed E-state index contributed by atoms with van der Waals surface area (Å²) in [4.78, 5) is 16.4. The quantitative estimate of drug-likeness (QED) is 0.638. The molecule has 0 bridgehead atoms. The molecule has 0 N–H and O–H groups in total. The molecule has 0 saturated carbocycles. The number of aromatic nitrogens is 2. The van der Waals surface area contributed by atoms with Gasteiger partial charge in [-0.3, -0.25) is 4.57 Å². The number of halogens is 1. The van der Waals surface area contributed by atoms with E-state index in [1.54, 1.807) is 47.2 Å². The number of imidazole rings is 1. The molecule has 3 rings (SSSR count). The number of methoxy groups -OCH3 is 1. The lowest BCUT2D eigenvalue weighted by atomic mass is 10.2. The molecule has 0 saturated heterocycles. The minimum absolute atomic E-state index is 0.143. The van der Waals surface area contributed by atoms with Gasteiger partial charge in [-0.25, -0.2) is 18.2 Å². The highest BCUT2D eigenvalue weighted by molar-refractivity contribution is 7.90. The zero-order valence-electron chi connectivity index (χ0n) is 14.0. The predicted octanol–water partition coefficient (Wildman–Crippen LogP) is 3.38. The summed E-state index contributed by atoms with van der Waals surface area (Å²) in [7, 11) is -2.02. The fourth-order valence-corrected chi connectivity index (χ4v) is 3.19. The maximum Gasteiger partial charge on any atom is 0.358 e. The van der Waals surface area contributed by atoms with E-state index in [4.69, 9.17) is 16.3 Å². The van der Waals surface area contributed by atoms with Gasteiger partial charge in [-0.1, -0.05) is 11.6 Å². The summed E-state index contributed by atoms with van der Waals surface area (Å²) < 4.78 is 29.7. The second kappa shape index (κ2) is 6.93. The lowest BCUT2D eigenvalue weighted by molar-refractivity contribution is 0.0594. The minimum atomic E-state index is -3.30. The Morgan fingerprint density at radius 2 is 1.69 bits per heavy atom. The minimum Gasteiger partial charge on any atom is -0.464 e. The summed E-state index contributed by atoms with van der Waals surface area (Å²) in [6, 6.07) is 13.3. The van der Waals surface area contributed by atoms with E-state index in [0.717, 1.165) is 11.9 Å². The van der Waals surface area contributed by atoms with Crippen LogP contribution in [0.2, 0.25) is 5.02 Å². The summed E-state index contributed by atoms with van der Waals surface area (Å²) in [5.74, 6) is -0.0838. The second-order valence-electron chi connectivity index (χ2n) is 5.58. The van der Waals surface area contributed by atoms with Gasteiger partial charge < -0.3 is 4.74 Å². The van der Waals surface area contributed by atoms with Crippen molar-refractivity contribution < 1.29 is 17.9 Å². The summed E-state index contributed by atoms with van der Waals surface area (Å²) in [5, 5.41) is 0.584. The zero-order chi connectivity index (χ0) is 18.9. The molecule has 0 atom stereocenters. The lowest BCUT2D eigenvalue weighted by Crippen LogP contribution is -2.01. The number of esters is 1. The van der Waals surface area contributed by atoms with E-state index in [9.17, 15) is 13.2 Å². The molecule has 1 aromatic heterocycles. The van der Waals surface area contributed by atoms with Gasteiger partial charge in [0, 0.05) is 28.7 Å². The van der Waals surface area contributed by atoms with E-state index < -0.39 is 15.8 Å². The molecule has 6 nitrogen and oxygen atoms in total. The molecule has 8 heteroatoms. The first-order valence-electron chi connectivity index (χ1n) is 7.54. The van der Waals surface area contributed by atoms with Crippen LogP contribution in [-0.2, 0) is 14.6 Å². The largest absolute Gasteiger partial charge is 0.464 e. The second-order valence-corrected chi connectivity index (χ2v) is 8.04. The van der Waals surface area contributed by atoms with Crippen molar-refractivity contribution in [2.75, 3.05) is 13.4 Å². The molecule has 0 radical (unpaired) electrons. The molecule has 0 aliphatic rings. The molecule has 1 heterocycles. The Labute approximate surface area is 155 Å². The van der Waals surface area contributed by atoms with Crippen molar-refractivity contribution in [3.05, 3.63) is 65.4 Å². The van der Waals surface area contributed by atoms with Gasteiger partial charge in [0.15, 0.2) is 15.5 Å². The number of carbonyl (C=O) groups excluding carboxylic acids is 1. The number of hydrogen-bond donors (Lipinski definition) is 0. The normalized spacial score (nSPS) is 11.3. The predicted molar refractivity (Wildman–Crippen MR) is 98.5 cm³/mol. The van der Waals surface area contributed by atoms with Gasteiger partial charge in [-0.15, -0.1) is 0 Å². The molecule has 0 aliphatic heterocycles. The Hall–Kier alpha value is -2.64. The Balaban J connectivity index is 2.14. The molecular formula is C18H15ClN2O4S. The molecule has 0 unspecified atom stereocenters. The van der Waals surface area contributed by atoms with Crippen molar-refractivity contribution in [2.24, 2.45) is 0 Å². The third-order valence-corrected chi connectivity index (χ3v) is 5.13. The van der Waals surface area contributed by atoms with Gasteiger partial charge >= 0.3 is 5.97 Å². The molecule has 0 spiro atoms. The lowest BCUT2D eigenvalue weighted by Gasteiger charge is -2.08. The highest BCUT2D eigenvalue weighted by atomic mass is 35.5. The van der Waals surface area contributed by atoms with Gasteiger partial charge in [0.1, 0.15) is 5.82 Å². The average molecular weight is 391 g/mol. The molecule has 2 aromatic carbocycles. The Bertz CT molecular complexity index is 1060. The molecule has 0 amide bonds. The van der Waals surface area contributed by atoms with Crippen molar-refractivity contribution in [2.45, 2.75) is 4.90 Å². The van der Waals surface area contributed by atoms with Gasteiger partial charge in [-0.05, 0) is 48.5 Å². The fraction of sp³-hybridized carbons (Fsp3) is 0.111. The van der Waals surface area contributed by atoms with Crippen LogP contribution in [0.25, 0.3) is 17.1 Å². The summed E-state index contributed by atoms with van der Waals surface area (Å²) in [5.41, 5.74) is 1.55. The maximum absolute atomic E-state index is 11.9. The molecule has 26 heavy (non-hydrogen) atoms. The zero-order valence-corrected chi connectivity index (χ0v) is 15.6. The molecule has 3 aromatic rings. The van der Waals surface area contributed by atoms with Crippen LogP contribution >= 0.6 is 11.6 Å². The summed E-state index contributed by atoms with van der Waals surface area (Å²) in [6.07, 6.45) is 2.71. The van der Waals surface area contributed by atoms with E-state index in [-0.39, 0.29) is 10.6 Å². The van der Waals surface area contributed by atoms with Gasteiger partial charge in [0.2, 0.25) is 0 Å². The van der Waals surface area contributed by atoms with Crippen LogP contribution in [0.15, 0.2) is 59.6 Å². The number of benzene rings is 2. The number of hydrogen-bond acceptors (Lipinski definition) is 5. The molecule has 0 fully saturated rings. The van der Waals surface area contributed by atoms with Crippen molar-refractivity contribution in [1.82, 2.24) is 9.55 Å². The van der Waals surface area contributed by atoms with E-state index >= 15 is 0 Å². The number of ether oxygens (including phenoxy) is 1. The van der Waals surface area contributed by atoms with Crippen molar-refractivity contribution >= 4 is 27.4 Å². The fourth-order valence-electron chi connectivity index (χ4n) is 2.44. The van der Waals surface area contributed by atoms with E-state index in [1.165, 1.54) is 19.2 Å². The molecular weight excluding hydrogens is 376 g/mol. The average Bonchev–Trinajstić information content (AvgIpc) is 3.06. The maximum atomic E-state index is 11.9. The first-order valence-corrected chi connectivity index (χ1v) is 9.80. The van der Waals surface area contributed by atoms with Gasteiger partial charge in [-0.2, -0.15) is 0 Å². The van der Waals surface area contributed by atoms with Crippen LogP contribution in [-0.4, -0.2) is 37.3 Å². The SMILES string of the molecule is COC(=O)c1cn(-c2ccc(Cl)cc2)c(-c2ccc(S(C)(=O)=O)cc2)n1. The van der Waals surface area contributed by atoms with Crippen LogP contribution in [0.5, 0.6) is 0 Å². The third-order valence-electron chi connectivity index (χ3n) is 3.75. The van der Waals surface area contributed by atoms with E-state index in [0.29, 0.717) is 16.4 Å². The Morgan fingerprint density at radius 1 is 1.08 bits per heavy atom. The van der Waals surface area contributed by atoms with Crippen molar-refractivity contribution in [1.29, 1.82) is 0 Å². The van der Waals surface area contributed by atoms with Crippen LogP contribution in [0.3, 0.4) is 0 Å². The summed E-state index contributed by atoms with van der Waals surface area (Å²) >= 11 is 5.94. The van der Waals surface area contributed by atoms with Crippen molar-refractivity contribution in [3.8, 4) is 17.1 Å². The van der Waals surface area contributed by atoms with E-state index in [2.05, 4.69) is 4.98 Å². The number of carbonyl (C=O) groups is 1. The molecule has 0 aliphatic carbocycles. The van der Waals surface area contributed by atoms with Crippen LogP contribution in [0.4, 0.5) is 0 Å². The first-order chi connectivity index (χ1) is 12.3. The van der Waals surface area contributed by atoms with Crippen LogP contribution in [0.1, 0.15) is 10.5 Å². The van der Waals surface area contributed by atoms with Crippen LogP contribution in [0, 0.1) is 0 Å². The number of nitrogens with zero attached hydrogens (tertiary/aromatic N) is 2. The topological polar surface area (TPSA) is 78.3 Å². The third kappa shape index (κ3) is 3.63. The first kappa shape index (κ1) is 18.2. The number of sulfone groups is 1. The van der Waals surface area contributed by atoms with Crippen molar-refractivity contribution in [3.63, 3.8) is 0 Å². The smallest absolute Gasteiger partial charge is 0.358 e. The van der Waals surface area contributed by atoms with E-state index in [1.807, 2.05) is 0 Å². The highest BCUT2D eigenvalue weighted by Gasteiger charge is 2.17. The highest BCUT2D eigenvalue weighted by Crippen LogP contribution is 2.25. The Morgan fingerprint density at radius 3 is 2.23 bits per heavy atom. The van der Waals surface area contributed by atoms with Gasteiger partial charge in [0.05, 0.1) is 12.0 Å². The van der Waals surface area contributed by atoms with Gasteiger partial charge in [0.25, 0.3) is 0 Å². The Kier molecular flexibility index (Phi) is 4.84. The standard InChI is InChI=1S/C18H15ClN2O4S/c1-25-18(22)16-11-21(14-7-5-13(19)6-8-14)17(20-16)12-3-9-15(10-4-12)26(2,23)24/h3-11H,1-2H3.